The Hall–Kier alpha value is -3.26. The highest BCUT2D eigenvalue weighted by molar-refractivity contribution is 5.74. The van der Waals surface area contributed by atoms with Gasteiger partial charge in [0, 0.05) is 19.5 Å². The first-order valence-corrected chi connectivity index (χ1v) is 8.57. The van der Waals surface area contributed by atoms with Crippen molar-refractivity contribution in [1.29, 1.82) is 5.26 Å². The molecule has 1 heterocycles. The molecule has 1 aliphatic rings. The lowest BCUT2D eigenvalue weighted by atomic mass is 10.1. The van der Waals surface area contributed by atoms with E-state index in [1.165, 1.54) is 5.56 Å². The molecule has 1 atom stereocenters. The molecule has 5 heteroatoms. The van der Waals surface area contributed by atoms with Crippen LogP contribution in [0.1, 0.15) is 16.7 Å². The van der Waals surface area contributed by atoms with Gasteiger partial charge in [-0.2, -0.15) is 5.26 Å². The van der Waals surface area contributed by atoms with E-state index in [4.69, 9.17) is 10.00 Å². The number of nitriles is 1. The van der Waals surface area contributed by atoms with E-state index >= 15 is 0 Å². The van der Waals surface area contributed by atoms with Crippen LogP contribution in [0.15, 0.2) is 61.2 Å². The smallest absolute Gasteiger partial charge is 0.318 e. The lowest BCUT2D eigenvalue weighted by Gasteiger charge is -2.23. The number of urea groups is 1. The van der Waals surface area contributed by atoms with Crippen LogP contribution in [0.2, 0.25) is 0 Å². The van der Waals surface area contributed by atoms with Crippen molar-refractivity contribution in [2.75, 3.05) is 13.1 Å². The topological polar surface area (TPSA) is 65.4 Å². The number of fused-ring (bicyclic) bond motifs is 1. The number of amides is 2. The van der Waals surface area contributed by atoms with Gasteiger partial charge in [-0.15, -0.1) is 6.58 Å². The summed E-state index contributed by atoms with van der Waals surface area (Å²) in [6.07, 6.45) is 2.43. The van der Waals surface area contributed by atoms with Crippen molar-refractivity contribution in [2.24, 2.45) is 0 Å². The molecular formula is C21H21N3O2. The second-order valence-corrected chi connectivity index (χ2v) is 6.22. The van der Waals surface area contributed by atoms with E-state index in [0.717, 1.165) is 17.7 Å². The van der Waals surface area contributed by atoms with Crippen LogP contribution in [0.5, 0.6) is 5.75 Å². The first-order valence-electron chi connectivity index (χ1n) is 8.57. The molecular weight excluding hydrogens is 326 g/mol. The number of hydrogen-bond acceptors (Lipinski definition) is 3. The Balaban J connectivity index is 1.57. The second-order valence-electron chi connectivity index (χ2n) is 6.22. The molecule has 0 fully saturated rings. The summed E-state index contributed by atoms with van der Waals surface area (Å²) in [5, 5.41) is 12.0. The fraction of sp³-hybridized carbons (Fsp3) is 0.238. The maximum atomic E-state index is 12.6. The molecule has 1 aliphatic heterocycles. The van der Waals surface area contributed by atoms with Crippen LogP contribution in [0.4, 0.5) is 4.79 Å². The highest BCUT2D eigenvalue weighted by Crippen LogP contribution is 2.27. The number of carbonyl (C=O) groups is 1. The van der Waals surface area contributed by atoms with Gasteiger partial charge in [0.1, 0.15) is 11.9 Å². The molecule has 1 unspecified atom stereocenters. The van der Waals surface area contributed by atoms with E-state index in [-0.39, 0.29) is 12.1 Å². The van der Waals surface area contributed by atoms with Crippen LogP contribution in [0.25, 0.3) is 0 Å². The minimum atomic E-state index is -0.174. The van der Waals surface area contributed by atoms with Gasteiger partial charge < -0.3 is 15.0 Å². The molecule has 0 aromatic heterocycles. The number of hydrogen-bond donors (Lipinski definition) is 1. The molecule has 0 saturated carbocycles. The number of ether oxygens (including phenoxy) is 1. The lowest BCUT2D eigenvalue weighted by Crippen LogP contribution is -2.43. The van der Waals surface area contributed by atoms with Gasteiger partial charge in [-0.1, -0.05) is 36.4 Å². The number of nitrogens with zero attached hydrogens (tertiary/aromatic N) is 2. The molecule has 0 saturated heterocycles. The lowest BCUT2D eigenvalue weighted by molar-refractivity contribution is 0.187. The van der Waals surface area contributed by atoms with Crippen molar-refractivity contribution >= 4 is 6.03 Å². The van der Waals surface area contributed by atoms with Gasteiger partial charge >= 0.3 is 6.03 Å². The predicted octanol–water partition coefficient (Wildman–Crippen LogP) is 3.26. The zero-order chi connectivity index (χ0) is 18.4. The predicted molar refractivity (Wildman–Crippen MR) is 99.7 cm³/mol. The Morgan fingerprint density at radius 2 is 2.19 bits per heavy atom. The van der Waals surface area contributed by atoms with Crippen molar-refractivity contribution in [3.8, 4) is 11.8 Å². The van der Waals surface area contributed by atoms with Gasteiger partial charge in [0.2, 0.25) is 0 Å². The van der Waals surface area contributed by atoms with Crippen LogP contribution >= 0.6 is 0 Å². The number of nitrogens with one attached hydrogen (secondary N) is 1. The number of rotatable bonds is 6. The average Bonchev–Trinajstić information content (AvgIpc) is 3.09. The van der Waals surface area contributed by atoms with Gasteiger partial charge in [0.15, 0.2) is 0 Å². The minimum absolute atomic E-state index is 0.0520. The van der Waals surface area contributed by atoms with E-state index < -0.39 is 0 Å². The standard InChI is InChI=1S/C21H21N3O2/c1-2-10-24(15-17-7-5-6-16(11-17)13-22)21(25)23-14-19-12-18-8-3-4-9-20(18)26-19/h2-9,11,19H,1,10,12,14-15H2,(H,23,25). The van der Waals surface area contributed by atoms with Crippen molar-refractivity contribution in [3.63, 3.8) is 0 Å². The van der Waals surface area contributed by atoms with Crippen molar-refractivity contribution in [2.45, 2.75) is 19.1 Å². The van der Waals surface area contributed by atoms with Crippen LogP contribution < -0.4 is 10.1 Å². The Labute approximate surface area is 153 Å². The summed E-state index contributed by atoms with van der Waals surface area (Å²) in [6, 6.07) is 17.1. The third kappa shape index (κ3) is 4.22. The summed E-state index contributed by atoms with van der Waals surface area (Å²) in [6.45, 7) is 5.01. The molecule has 0 bridgehead atoms. The van der Waals surface area contributed by atoms with E-state index in [9.17, 15) is 4.79 Å². The van der Waals surface area contributed by atoms with E-state index in [1.54, 1.807) is 23.1 Å². The monoisotopic (exact) mass is 347 g/mol. The summed E-state index contributed by atoms with van der Waals surface area (Å²) in [5.74, 6) is 0.892. The van der Waals surface area contributed by atoms with Crippen molar-refractivity contribution in [1.82, 2.24) is 10.2 Å². The number of carbonyl (C=O) groups excluding carboxylic acids is 1. The summed E-state index contributed by atoms with van der Waals surface area (Å²) in [5.41, 5.74) is 2.66. The third-order valence-electron chi connectivity index (χ3n) is 4.26. The van der Waals surface area contributed by atoms with Crippen molar-refractivity contribution < 1.29 is 9.53 Å². The van der Waals surface area contributed by atoms with Gasteiger partial charge in [0.05, 0.1) is 18.2 Å². The Morgan fingerprint density at radius 1 is 1.35 bits per heavy atom. The quantitative estimate of drug-likeness (QED) is 0.816. The molecule has 2 amide bonds. The maximum absolute atomic E-state index is 12.6. The molecule has 0 radical (unpaired) electrons. The van der Waals surface area contributed by atoms with Crippen LogP contribution in [0.3, 0.4) is 0 Å². The fourth-order valence-electron chi connectivity index (χ4n) is 3.02. The van der Waals surface area contributed by atoms with Gasteiger partial charge in [0.25, 0.3) is 0 Å². The Kier molecular flexibility index (Phi) is 5.55. The minimum Gasteiger partial charge on any atom is -0.488 e. The first-order chi connectivity index (χ1) is 12.7. The number of para-hydroxylation sites is 1. The molecule has 2 aromatic rings. The third-order valence-corrected chi connectivity index (χ3v) is 4.26. The molecule has 26 heavy (non-hydrogen) atoms. The summed E-state index contributed by atoms with van der Waals surface area (Å²) < 4.78 is 5.86. The van der Waals surface area contributed by atoms with E-state index in [1.807, 2.05) is 36.4 Å². The van der Waals surface area contributed by atoms with Gasteiger partial charge in [-0.3, -0.25) is 0 Å². The largest absolute Gasteiger partial charge is 0.488 e. The fourth-order valence-corrected chi connectivity index (χ4v) is 3.02. The van der Waals surface area contributed by atoms with Gasteiger partial charge in [-0.25, -0.2) is 4.79 Å². The summed E-state index contributed by atoms with van der Waals surface area (Å²) >= 11 is 0. The van der Waals surface area contributed by atoms with Crippen LogP contribution in [-0.4, -0.2) is 30.1 Å². The molecule has 132 valence electrons. The summed E-state index contributed by atoms with van der Waals surface area (Å²) in [7, 11) is 0. The van der Waals surface area contributed by atoms with E-state index in [0.29, 0.717) is 25.2 Å². The maximum Gasteiger partial charge on any atom is 0.318 e. The second kappa shape index (κ2) is 8.21. The average molecular weight is 347 g/mol. The molecule has 5 nitrogen and oxygen atoms in total. The molecule has 3 rings (SSSR count). The molecule has 0 aliphatic carbocycles. The SMILES string of the molecule is C=CCN(Cc1cccc(C#N)c1)C(=O)NCC1Cc2ccccc2O1. The zero-order valence-corrected chi connectivity index (χ0v) is 14.5. The Morgan fingerprint density at radius 3 is 2.96 bits per heavy atom. The normalized spacial score (nSPS) is 14.7. The Bertz CT molecular complexity index is 816. The highest BCUT2D eigenvalue weighted by Gasteiger charge is 2.23. The van der Waals surface area contributed by atoms with Crippen LogP contribution in [-0.2, 0) is 13.0 Å². The number of benzene rings is 2. The highest BCUT2D eigenvalue weighted by atomic mass is 16.5. The first kappa shape index (κ1) is 17.6. The molecule has 1 N–H and O–H groups in total. The van der Waals surface area contributed by atoms with Crippen LogP contribution in [0, 0.1) is 11.3 Å². The summed E-state index contributed by atoms with van der Waals surface area (Å²) in [4.78, 5) is 14.2. The molecule has 0 spiro atoms. The zero-order valence-electron chi connectivity index (χ0n) is 14.5. The molecule has 2 aromatic carbocycles. The van der Waals surface area contributed by atoms with Gasteiger partial charge in [-0.05, 0) is 29.3 Å². The van der Waals surface area contributed by atoms with E-state index in [2.05, 4.69) is 18.0 Å². The van der Waals surface area contributed by atoms with Crippen molar-refractivity contribution in [3.05, 3.63) is 77.9 Å².